The van der Waals surface area contributed by atoms with Crippen LogP contribution >= 0.6 is 0 Å². The van der Waals surface area contributed by atoms with E-state index >= 15 is 0 Å². The molecule has 0 aliphatic carbocycles. The van der Waals surface area contributed by atoms with Gasteiger partial charge in [-0.1, -0.05) is 24.3 Å². The Kier molecular flexibility index (Phi) is 5.94. The lowest BCUT2D eigenvalue weighted by Crippen LogP contribution is -2.48. The Morgan fingerprint density at radius 2 is 1.70 bits per heavy atom. The fraction of sp³-hybridized carbons (Fsp3) is 0.350. The van der Waals surface area contributed by atoms with Gasteiger partial charge < -0.3 is 4.74 Å². The highest BCUT2D eigenvalue weighted by molar-refractivity contribution is 7.89. The number of piperazine rings is 1. The Morgan fingerprint density at radius 3 is 2.30 bits per heavy atom. The molecule has 0 radical (unpaired) electrons. The number of sulfonamides is 1. The molecule has 1 saturated heterocycles. The van der Waals surface area contributed by atoms with Gasteiger partial charge in [-0.2, -0.15) is 4.31 Å². The smallest absolute Gasteiger partial charge is 0.243 e. The zero-order valence-electron chi connectivity index (χ0n) is 15.6. The molecule has 1 aliphatic rings. The molecule has 0 unspecified atom stereocenters. The van der Waals surface area contributed by atoms with Crippen LogP contribution in [-0.2, 0) is 16.6 Å². The molecule has 0 saturated carbocycles. The Labute approximate surface area is 160 Å². The predicted octanol–water partition coefficient (Wildman–Crippen LogP) is 2.40. The first-order chi connectivity index (χ1) is 12.9. The first-order valence-corrected chi connectivity index (χ1v) is 10.3. The summed E-state index contributed by atoms with van der Waals surface area (Å²) in [6, 6.07) is 14.2. The number of nitrogens with zero attached hydrogens (tertiary/aromatic N) is 2. The van der Waals surface area contributed by atoms with Gasteiger partial charge in [0.25, 0.3) is 0 Å². The van der Waals surface area contributed by atoms with Crippen LogP contribution in [-0.4, -0.2) is 56.7 Å². The van der Waals surface area contributed by atoms with Crippen LogP contribution in [0.2, 0.25) is 0 Å². The lowest BCUT2D eigenvalue weighted by Gasteiger charge is -2.34. The normalized spacial score (nSPS) is 16.2. The summed E-state index contributed by atoms with van der Waals surface area (Å²) < 4.78 is 32.4. The number of hydrogen-bond acceptors (Lipinski definition) is 5. The molecule has 1 aliphatic heterocycles. The summed E-state index contributed by atoms with van der Waals surface area (Å²) >= 11 is 0. The fourth-order valence-electron chi connectivity index (χ4n) is 3.14. The molecule has 2 aromatic rings. The van der Waals surface area contributed by atoms with Crippen molar-refractivity contribution in [2.45, 2.75) is 18.4 Å². The molecule has 1 fully saturated rings. The first kappa shape index (κ1) is 19.5. The number of carbonyl (C=O) groups is 1. The van der Waals surface area contributed by atoms with Crippen molar-refractivity contribution in [2.75, 3.05) is 33.3 Å². The van der Waals surface area contributed by atoms with Crippen LogP contribution in [0.15, 0.2) is 53.4 Å². The molecule has 1 heterocycles. The molecule has 7 heteroatoms. The molecule has 0 N–H and O–H groups in total. The molecule has 0 aromatic heterocycles. The zero-order valence-corrected chi connectivity index (χ0v) is 16.4. The third-order valence-electron chi connectivity index (χ3n) is 4.77. The van der Waals surface area contributed by atoms with Gasteiger partial charge >= 0.3 is 0 Å². The van der Waals surface area contributed by atoms with Gasteiger partial charge in [0.05, 0.1) is 12.0 Å². The molecule has 0 bridgehead atoms. The van der Waals surface area contributed by atoms with Crippen molar-refractivity contribution in [3.63, 3.8) is 0 Å². The van der Waals surface area contributed by atoms with Gasteiger partial charge in [0, 0.05) is 38.3 Å². The van der Waals surface area contributed by atoms with Gasteiger partial charge in [0.15, 0.2) is 5.78 Å². The second-order valence-corrected chi connectivity index (χ2v) is 8.55. The summed E-state index contributed by atoms with van der Waals surface area (Å²) in [6.45, 7) is 4.41. The maximum absolute atomic E-state index is 12.9. The number of ketones is 1. The summed E-state index contributed by atoms with van der Waals surface area (Å²) in [5, 5.41) is 0. The maximum Gasteiger partial charge on any atom is 0.243 e. The Balaban J connectivity index is 1.64. The van der Waals surface area contributed by atoms with E-state index in [1.54, 1.807) is 25.3 Å². The van der Waals surface area contributed by atoms with E-state index in [4.69, 9.17) is 4.74 Å². The molecular weight excluding hydrogens is 364 g/mol. The maximum atomic E-state index is 12.9. The van der Waals surface area contributed by atoms with Crippen molar-refractivity contribution in [1.82, 2.24) is 9.21 Å². The molecular formula is C20H24N2O4S. The molecule has 0 amide bonds. The summed E-state index contributed by atoms with van der Waals surface area (Å²) in [4.78, 5) is 14.0. The third kappa shape index (κ3) is 4.55. The second-order valence-electron chi connectivity index (χ2n) is 6.61. The summed E-state index contributed by atoms with van der Waals surface area (Å²) in [5.41, 5.74) is 1.58. The number of ether oxygens (including phenoxy) is 1. The second kappa shape index (κ2) is 8.21. The van der Waals surface area contributed by atoms with Crippen molar-refractivity contribution in [1.29, 1.82) is 0 Å². The Hall–Kier alpha value is -2.22. The minimum atomic E-state index is -3.59. The number of methoxy groups -OCH3 is 1. The molecule has 3 rings (SSSR count). The van der Waals surface area contributed by atoms with Gasteiger partial charge in [-0.05, 0) is 36.8 Å². The first-order valence-electron chi connectivity index (χ1n) is 8.86. The van der Waals surface area contributed by atoms with Crippen molar-refractivity contribution in [3.05, 3.63) is 59.7 Å². The predicted molar refractivity (Wildman–Crippen MR) is 103 cm³/mol. The number of hydrogen-bond donors (Lipinski definition) is 0. The molecule has 0 spiro atoms. The van der Waals surface area contributed by atoms with Crippen LogP contribution in [0.3, 0.4) is 0 Å². The summed E-state index contributed by atoms with van der Waals surface area (Å²) in [6.07, 6.45) is 0. The van der Waals surface area contributed by atoms with Crippen LogP contribution in [0.25, 0.3) is 0 Å². The van der Waals surface area contributed by atoms with Crippen LogP contribution in [0.5, 0.6) is 5.75 Å². The highest BCUT2D eigenvalue weighted by Crippen LogP contribution is 2.20. The van der Waals surface area contributed by atoms with Gasteiger partial charge in [0.2, 0.25) is 10.0 Å². The monoisotopic (exact) mass is 388 g/mol. The standard InChI is InChI=1S/C20H24N2O4S/c1-16(23)18-4-3-5-20(14-18)27(24,25)22-12-10-21(11-13-22)15-17-6-8-19(26-2)9-7-17/h3-9,14H,10-13,15H2,1-2H3. The van der Waals surface area contributed by atoms with E-state index in [1.807, 2.05) is 24.3 Å². The largest absolute Gasteiger partial charge is 0.497 e. The Morgan fingerprint density at radius 1 is 1.04 bits per heavy atom. The fourth-order valence-corrected chi connectivity index (χ4v) is 4.61. The SMILES string of the molecule is COc1ccc(CN2CCN(S(=O)(=O)c3cccc(C(C)=O)c3)CC2)cc1. The number of rotatable bonds is 6. The van der Waals surface area contributed by atoms with Crippen LogP contribution in [0, 0.1) is 0 Å². The zero-order chi connectivity index (χ0) is 19.4. The molecule has 6 nitrogen and oxygen atoms in total. The number of benzene rings is 2. The van der Waals surface area contributed by atoms with Crippen LogP contribution < -0.4 is 4.74 Å². The topological polar surface area (TPSA) is 66.9 Å². The average Bonchev–Trinajstić information content (AvgIpc) is 2.69. The Bertz CT molecular complexity index is 902. The minimum absolute atomic E-state index is 0.142. The van der Waals surface area contributed by atoms with E-state index in [-0.39, 0.29) is 10.7 Å². The van der Waals surface area contributed by atoms with Crippen molar-refractivity contribution < 1.29 is 17.9 Å². The van der Waals surface area contributed by atoms with E-state index < -0.39 is 10.0 Å². The molecule has 27 heavy (non-hydrogen) atoms. The van der Waals surface area contributed by atoms with Crippen LogP contribution in [0.4, 0.5) is 0 Å². The van der Waals surface area contributed by atoms with Gasteiger partial charge in [-0.25, -0.2) is 8.42 Å². The van der Waals surface area contributed by atoms with Crippen LogP contribution in [0.1, 0.15) is 22.8 Å². The van der Waals surface area contributed by atoms with E-state index in [0.29, 0.717) is 31.7 Å². The highest BCUT2D eigenvalue weighted by Gasteiger charge is 2.28. The van der Waals surface area contributed by atoms with E-state index in [2.05, 4.69) is 4.90 Å². The number of carbonyl (C=O) groups excluding carboxylic acids is 1. The van der Waals surface area contributed by atoms with Gasteiger partial charge in [-0.3, -0.25) is 9.69 Å². The average molecular weight is 388 g/mol. The lowest BCUT2D eigenvalue weighted by molar-refractivity contribution is 0.101. The lowest BCUT2D eigenvalue weighted by atomic mass is 10.2. The van der Waals surface area contributed by atoms with Crippen molar-refractivity contribution in [2.24, 2.45) is 0 Å². The van der Waals surface area contributed by atoms with E-state index in [9.17, 15) is 13.2 Å². The highest BCUT2D eigenvalue weighted by atomic mass is 32.2. The van der Waals surface area contributed by atoms with E-state index in [0.717, 1.165) is 12.3 Å². The number of Topliss-reactive ketones (excluding diaryl/α,β-unsaturated/α-hetero) is 1. The van der Waals surface area contributed by atoms with Crippen molar-refractivity contribution in [3.8, 4) is 5.75 Å². The quantitative estimate of drug-likeness (QED) is 0.711. The summed E-state index contributed by atoms with van der Waals surface area (Å²) in [5.74, 6) is 0.679. The van der Waals surface area contributed by atoms with E-state index in [1.165, 1.54) is 22.9 Å². The van der Waals surface area contributed by atoms with Gasteiger partial charge in [0.1, 0.15) is 5.75 Å². The summed E-state index contributed by atoms with van der Waals surface area (Å²) in [7, 11) is -1.95. The molecule has 0 atom stereocenters. The minimum Gasteiger partial charge on any atom is -0.497 e. The molecule has 144 valence electrons. The third-order valence-corrected chi connectivity index (χ3v) is 6.67. The van der Waals surface area contributed by atoms with Gasteiger partial charge in [-0.15, -0.1) is 0 Å². The molecule has 2 aromatic carbocycles. The van der Waals surface area contributed by atoms with Crippen molar-refractivity contribution >= 4 is 15.8 Å².